The lowest BCUT2D eigenvalue weighted by Gasteiger charge is -2.23. The van der Waals surface area contributed by atoms with E-state index in [2.05, 4.69) is 17.2 Å². The van der Waals surface area contributed by atoms with Crippen LogP contribution in [0.3, 0.4) is 0 Å². The van der Waals surface area contributed by atoms with E-state index in [4.69, 9.17) is 0 Å². The molecule has 1 heterocycles. The summed E-state index contributed by atoms with van der Waals surface area (Å²) in [6.45, 7) is 2.22. The maximum atomic E-state index is 10.9. The first-order valence-corrected chi connectivity index (χ1v) is 6.53. The van der Waals surface area contributed by atoms with Crippen LogP contribution >= 0.6 is 0 Å². The second-order valence-electron chi connectivity index (χ2n) is 5.02. The van der Waals surface area contributed by atoms with E-state index in [1.54, 1.807) is 12.3 Å². The third kappa shape index (κ3) is 2.97. The van der Waals surface area contributed by atoms with Crippen LogP contribution in [0.2, 0.25) is 0 Å². The van der Waals surface area contributed by atoms with E-state index in [1.165, 1.54) is 31.9 Å². The Hall–Kier alpha value is -1.65. The smallest absolute Gasteiger partial charge is 0.310 e. The molecule has 1 aromatic heterocycles. The molecule has 2 rings (SSSR count). The fourth-order valence-electron chi connectivity index (χ4n) is 2.56. The van der Waals surface area contributed by atoms with E-state index >= 15 is 0 Å². The fraction of sp³-hybridized carbons (Fsp3) is 0.615. The highest BCUT2D eigenvalue weighted by Gasteiger charge is 2.22. The van der Waals surface area contributed by atoms with Crippen molar-refractivity contribution >= 4 is 11.4 Å². The molecule has 0 saturated heterocycles. The second-order valence-corrected chi connectivity index (χ2v) is 5.02. The third-order valence-electron chi connectivity index (χ3n) is 3.70. The maximum Gasteiger partial charge on any atom is 0.310 e. The summed E-state index contributed by atoms with van der Waals surface area (Å²) in [4.78, 5) is 14.4. The Morgan fingerprint density at radius 1 is 1.39 bits per heavy atom. The van der Waals surface area contributed by atoms with Crippen molar-refractivity contribution in [1.29, 1.82) is 0 Å². The number of nitro groups is 1. The van der Waals surface area contributed by atoms with Gasteiger partial charge in [-0.3, -0.25) is 15.1 Å². The molecule has 0 amide bonds. The Morgan fingerprint density at radius 3 is 2.94 bits per heavy atom. The van der Waals surface area contributed by atoms with E-state index < -0.39 is 0 Å². The summed E-state index contributed by atoms with van der Waals surface area (Å²) in [5.74, 6) is 0.556. The number of nitrogens with one attached hydrogen (secondary N) is 1. The quantitative estimate of drug-likeness (QED) is 0.506. The first kappa shape index (κ1) is 12.8. The summed E-state index contributed by atoms with van der Waals surface area (Å²) in [5.41, 5.74) is 0.655. The Kier molecular flexibility index (Phi) is 4.12. The van der Waals surface area contributed by atoms with Gasteiger partial charge in [0, 0.05) is 12.2 Å². The monoisotopic (exact) mass is 249 g/mol. The average Bonchev–Trinajstić information content (AvgIpc) is 2.55. The van der Waals surface area contributed by atoms with E-state index in [9.17, 15) is 10.1 Å². The molecular formula is C13H19N3O2. The Morgan fingerprint density at radius 2 is 2.17 bits per heavy atom. The summed E-state index contributed by atoms with van der Waals surface area (Å²) >= 11 is 0. The molecule has 1 saturated carbocycles. The lowest BCUT2D eigenvalue weighted by Crippen LogP contribution is -2.26. The van der Waals surface area contributed by atoms with Gasteiger partial charge in [0.05, 0.1) is 4.92 Å². The molecule has 2 atom stereocenters. The predicted octanol–water partition coefficient (Wildman–Crippen LogP) is 3.37. The number of hydrogen-bond donors (Lipinski definition) is 1. The van der Waals surface area contributed by atoms with Crippen molar-refractivity contribution in [1.82, 2.24) is 4.98 Å². The van der Waals surface area contributed by atoms with Crippen LogP contribution in [0.25, 0.3) is 0 Å². The van der Waals surface area contributed by atoms with Gasteiger partial charge in [0.25, 0.3) is 0 Å². The molecule has 1 aliphatic rings. The SMILES string of the molecule is CC1CCCCCC1Nc1ccncc1[N+](=O)[O-]. The van der Waals surface area contributed by atoms with Crippen molar-refractivity contribution < 1.29 is 4.92 Å². The van der Waals surface area contributed by atoms with Crippen molar-refractivity contribution in [3.05, 3.63) is 28.6 Å². The third-order valence-corrected chi connectivity index (χ3v) is 3.70. The van der Waals surface area contributed by atoms with Gasteiger partial charge in [-0.15, -0.1) is 0 Å². The van der Waals surface area contributed by atoms with Gasteiger partial charge in [0.1, 0.15) is 11.9 Å². The van der Waals surface area contributed by atoms with Crippen LogP contribution in [0.4, 0.5) is 11.4 Å². The van der Waals surface area contributed by atoms with Gasteiger partial charge in [-0.05, 0) is 24.8 Å². The summed E-state index contributed by atoms with van der Waals surface area (Å²) in [6.07, 6.45) is 8.90. The van der Waals surface area contributed by atoms with Crippen LogP contribution in [-0.4, -0.2) is 15.9 Å². The zero-order valence-electron chi connectivity index (χ0n) is 10.6. The maximum absolute atomic E-state index is 10.9. The molecule has 5 nitrogen and oxygen atoms in total. The van der Waals surface area contributed by atoms with Crippen molar-refractivity contribution in [3.8, 4) is 0 Å². The van der Waals surface area contributed by atoms with Crippen molar-refractivity contribution in [2.75, 3.05) is 5.32 Å². The average molecular weight is 249 g/mol. The zero-order valence-corrected chi connectivity index (χ0v) is 10.6. The summed E-state index contributed by atoms with van der Waals surface area (Å²) < 4.78 is 0. The number of hydrogen-bond acceptors (Lipinski definition) is 4. The van der Waals surface area contributed by atoms with Crippen LogP contribution in [0.1, 0.15) is 39.0 Å². The largest absolute Gasteiger partial charge is 0.376 e. The van der Waals surface area contributed by atoms with Crippen LogP contribution in [0.5, 0.6) is 0 Å². The van der Waals surface area contributed by atoms with Gasteiger partial charge in [0.2, 0.25) is 0 Å². The highest BCUT2D eigenvalue weighted by atomic mass is 16.6. The molecule has 0 aromatic carbocycles. The normalized spacial score (nSPS) is 24.3. The molecule has 1 N–H and O–H groups in total. The fourth-order valence-corrected chi connectivity index (χ4v) is 2.56. The van der Waals surface area contributed by atoms with Gasteiger partial charge >= 0.3 is 5.69 Å². The first-order chi connectivity index (χ1) is 8.68. The minimum atomic E-state index is -0.378. The number of rotatable bonds is 3. The van der Waals surface area contributed by atoms with E-state index in [-0.39, 0.29) is 10.6 Å². The molecule has 0 spiro atoms. The Balaban J connectivity index is 2.14. The zero-order chi connectivity index (χ0) is 13.0. The molecule has 1 aromatic rings. The van der Waals surface area contributed by atoms with Crippen LogP contribution in [0, 0.1) is 16.0 Å². The molecule has 5 heteroatoms. The number of anilines is 1. The van der Waals surface area contributed by atoms with Crippen LogP contribution in [-0.2, 0) is 0 Å². The number of aromatic nitrogens is 1. The molecule has 18 heavy (non-hydrogen) atoms. The van der Waals surface area contributed by atoms with Gasteiger partial charge in [0.15, 0.2) is 0 Å². The van der Waals surface area contributed by atoms with Gasteiger partial charge in [-0.2, -0.15) is 0 Å². The van der Waals surface area contributed by atoms with Crippen LogP contribution < -0.4 is 5.32 Å². The lowest BCUT2D eigenvalue weighted by atomic mass is 9.97. The summed E-state index contributed by atoms with van der Waals surface area (Å²) in [6, 6.07) is 2.02. The summed E-state index contributed by atoms with van der Waals surface area (Å²) in [5, 5.41) is 14.3. The van der Waals surface area contributed by atoms with Crippen molar-refractivity contribution in [3.63, 3.8) is 0 Å². The molecule has 0 bridgehead atoms. The number of pyridine rings is 1. The molecule has 98 valence electrons. The standard InChI is InChI=1S/C13H19N3O2/c1-10-5-3-2-4-6-11(10)15-12-7-8-14-9-13(12)16(17)18/h7-11H,2-6H2,1H3,(H,14,15). The van der Waals surface area contributed by atoms with Crippen molar-refractivity contribution in [2.45, 2.75) is 45.1 Å². The van der Waals surface area contributed by atoms with E-state index in [0.717, 1.165) is 6.42 Å². The molecule has 0 aliphatic heterocycles. The summed E-state index contributed by atoms with van der Waals surface area (Å²) in [7, 11) is 0. The van der Waals surface area contributed by atoms with Gasteiger partial charge < -0.3 is 5.32 Å². The minimum absolute atomic E-state index is 0.0638. The highest BCUT2D eigenvalue weighted by molar-refractivity contribution is 5.60. The molecule has 2 unspecified atom stereocenters. The van der Waals surface area contributed by atoms with Crippen LogP contribution in [0.15, 0.2) is 18.5 Å². The lowest BCUT2D eigenvalue weighted by molar-refractivity contribution is -0.384. The molecule has 0 radical (unpaired) electrons. The topological polar surface area (TPSA) is 68.1 Å². The van der Waals surface area contributed by atoms with E-state index in [0.29, 0.717) is 17.6 Å². The van der Waals surface area contributed by atoms with Gasteiger partial charge in [-0.25, -0.2) is 0 Å². The Bertz CT molecular complexity index is 422. The molecular weight excluding hydrogens is 230 g/mol. The Labute approximate surface area is 107 Å². The van der Waals surface area contributed by atoms with Crippen molar-refractivity contribution in [2.24, 2.45) is 5.92 Å². The minimum Gasteiger partial charge on any atom is -0.376 e. The van der Waals surface area contributed by atoms with Gasteiger partial charge in [-0.1, -0.05) is 26.2 Å². The highest BCUT2D eigenvalue weighted by Crippen LogP contribution is 2.29. The first-order valence-electron chi connectivity index (χ1n) is 6.53. The molecule has 1 aliphatic carbocycles. The second kappa shape index (κ2) is 5.80. The predicted molar refractivity (Wildman–Crippen MR) is 70.6 cm³/mol. The van der Waals surface area contributed by atoms with E-state index in [1.807, 2.05) is 0 Å². The number of nitrogens with zero attached hydrogens (tertiary/aromatic N) is 2. The molecule has 1 fully saturated rings.